The van der Waals surface area contributed by atoms with Crippen LogP contribution in [-0.4, -0.2) is 4.92 Å². The molecule has 0 aliphatic carbocycles. The Bertz CT molecular complexity index is 523. The maximum absolute atomic E-state index is 10.7. The van der Waals surface area contributed by atoms with E-state index >= 15 is 0 Å². The van der Waals surface area contributed by atoms with E-state index in [0.717, 1.165) is 17.2 Å². The van der Waals surface area contributed by atoms with Gasteiger partial charge in [-0.15, -0.1) is 0 Å². The van der Waals surface area contributed by atoms with Gasteiger partial charge >= 0.3 is 5.00 Å². The zero-order valence-corrected chi connectivity index (χ0v) is 11.8. The molecule has 1 heterocycles. The zero-order valence-electron chi connectivity index (χ0n) is 6.66. The minimum absolute atomic E-state index is 0.240. The van der Waals surface area contributed by atoms with Crippen molar-refractivity contribution in [3.05, 3.63) is 35.5 Å². The molecule has 0 saturated heterocycles. The molecular weight excluding hydrogens is 428 g/mol. The van der Waals surface area contributed by atoms with E-state index in [1.807, 2.05) is 40.8 Å². The number of rotatable bonds is 1. The van der Waals surface area contributed by atoms with E-state index in [4.69, 9.17) is 0 Å². The molecule has 0 bridgehead atoms. The normalized spacial score (nSPS) is 10.7. The monoisotopic (exact) mass is 431 g/mol. The highest BCUT2D eigenvalue weighted by molar-refractivity contribution is 14.1. The van der Waals surface area contributed by atoms with Crippen molar-refractivity contribution in [3.63, 3.8) is 0 Å². The van der Waals surface area contributed by atoms with Crippen molar-refractivity contribution in [2.75, 3.05) is 0 Å². The van der Waals surface area contributed by atoms with E-state index in [9.17, 15) is 10.1 Å². The Kier molecular flexibility index (Phi) is 2.93. The van der Waals surface area contributed by atoms with Gasteiger partial charge in [0.25, 0.3) is 0 Å². The molecule has 1 aromatic heterocycles. The highest BCUT2D eigenvalue weighted by Gasteiger charge is 2.19. The second-order valence-corrected chi connectivity index (χ2v) is 5.83. The maximum Gasteiger partial charge on any atom is 0.338 e. The number of nitro groups is 1. The van der Waals surface area contributed by atoms with Crippen LogP contribution >= 0.6 is 56.5 Å². The molecule has 3 nitrogen and oxygen atoms in total. The minimum Gasteiger partial charge on any atom is -0.258 e. The highest BCUT2D eigenvalue weighted by Crippen LogP contribution is 2.39. The molecule has 2 rings (SSSR count). The Balaban J connectivity index is 2.86. The summed E-state index contributed by atoms with van der Waals surface area (Å²) in [5.41, 5.74) is 0. The first-order chi connectivity index (χ1) is 6.61. The summed E-state index contributed by atoms with van der Waals surface area (Å²) in [4.78, 5) is 10.4. The number of hydrogen-bond donors (Lipinski definition) is 0. The van der Waals surface area contributed by atoms with Crippen molar-refractivity contribution in [3.8, 4) is 0 Å². The van der Waals surface area contributed by atoms with Crippen molar-refractivity contribution in [1.29, 1.82) is 0 Å². The van der Waals surface area contributed by atoms with Gasteiger partial charge in [-0.2, -0.15) is 0 Å². The topological polar surface area (TPSA) is 43.1 Å². The van der Waals surface area contributed by atoms with Gasteiger partial charge < -0.3 is 0 Å². The van der Waals surface area contributed by atoms with Gasteiger partial charge in [-0.25, -0.2) is 0 Å². The number of halogens is 2. The van der Waals surface area contributed by atoms with Crippen molar-refractivity contribution in [2.45, 2.75) is 0 Å². The SMILES string of the molecule is O=[N+]([O-])c1sc2c(I)cccc2c1I. The summed E-state index contributed by atoms with van der Waals surface area (Å²) in [5.74, 6) is 0. The van der Waals surface area contributed by atoms with E-state index in [2.05, 4.69) is 22.6 Å². The first kappa shape index (κ1) is 10.6. The van der Waals surface area contributed by atoms with Gasteiger partial charge in [0, 0.05) is 8.96 Å². The lowest BCUT2D eigenvalue weighted by molar-refractivity contribution is -0.381. The molecular formula is C8H3I2NO2S. The van der Waals surface area contributed by atoms with Crippen LogP contribution in [0.1, 0.15) is 0 Å². The average Bonchev–Trinajstić information content (AvgIpc) is 2.46. The van der Waals surface area contributed by atoms with E-state index in [-0.39, 0.29) is 9.92 Å². The summed E-state index contributed by atoms with van der Waals surface area (Å²) >= 11 is 5.47. The lowest BCUT2D eigenvalue weighted by Crippen LogP contribution is -1.84. The molecule has 0 radical (unpaired) electrons. The van der Waals surface area contributed by atoms with Crippen LogP contribution in [-0.2, 0) is 0 Å². The molecule has 0 fully saturated rings. The Hall–Kier alpha value is 0.0400. The molecule has 0 atom stereocenters. The summed E-state index contributed by atoms with van der Waals surface area (Å²) in [7, 11) is 0. The zero-order chi connectivity index (χ0) is 10.3. The number of hydrogen-bond acceptors (Lipinski definition) is 3. The summed E-state index contributed by atoms with van der Waals surface area (Å²) in [6.45, 7) is 0. The second kappa shape index (κ2) is 3.89. The first-order valence-corrected chi connectivity index (χ1v) is 6.59. The van der Waals surface area contributed by atoms with Crippen LogP contribution < -0.4 is 0 Å². The van der Waals surface area contributed by atoms with Gasteiger partial charge in [0.05, 0.1) is 9.62 Å². The van der Waals surface area contributed by atoms with Gasteiger partial charge in [0.2, 0.25) is 0 Å². The predicted octanol–water partition coefficient (Wildman–Crippen LogP) is 4.02. The fraction of sp³-hybridized carbons (Fsp3) is 0. The fourth-order valence-electron chi connectivity index (χ4n) is 1.16. The number of benzene rings is 1. The standard InChI is InChI=1S/C8H3I2NO2S/c9-5-3-1-2-4-6(10)8(11(12)13)14-7(4)5/h1-3H. The summed E-state index contributed by atoms with van der Waals surface area (Å²) < 4.78 is 2.81. The third-order valence-corrected chi connectivity index (χ3v) is 5.67. The number of nitrogens with zero attached hydrogens (tertiary/aromatic N) is 1. The van der Waals surface area contributed by atoms with Gasteiger partial charge in [-0.3, -0.25) is 10.1 Å². The quantitative estimate of drug-likeness (QED) is 0.389. The molecule has 1 aromatic carbocycles. The van der Waals surface area contributed by atoms with Gasteiger partial charge in [0.15, 0.2) is 0 Å². The van der Waals surface area contributed by atoms with Crippen molar-refractivity contribution < 1.29 is 4.92 Å². The predicted molar refractivity (Wildman–Crippen MR) is 73.9 cm³/mol. The summed E-state index contributed by atoms with van der Waals surface area (Å²) in [6.07, 6.45) is 0. The van der Waals surface area contributed by atoms with Crippen LogP contribution in [0.15, 0.2) is 18.2 Å². The molecule has 0 unspecified atom stereocenters. The minimum atomic E-state index is -0.317. The Morgan fingerprint density at radius 1 is 1.36 bits per heavy atom. The van der Waals surface area contributed by atoms with Crippen molar-refractivity contribution in [1.82, 2.24) is 0 Å². The van der Waals surface area contributed by atoms with E-state index in [1.165, 1.54) is 11.3 Å². The van der Waals surface area contributed by atoms with Crippen LogP contribution in [0.2, 0.25) is 0 Å². The molecule has 0 saturated carbocycles. The third kappa shape index (κ3) is 1.63. The van der Waals surface area contributed by atoms with Crippen molar-refractivity contribution >= 4 is 71.6 Å². The van der Waals surface area contributed by atoms with Gasteiger partial charge in [0.1, 0.15) is 3.57 Å². The fourth-order valence-corrected chi connectivity index (χ4v) is 4.06. The van der Waals surface area contributed by atoms with E-state index in [0.29, 0.717) is 0 Å². The molecule has 0 aliphatic rings. The molecule has 0 spiro atoms. The summed E-state index contributed by atoms with van der Waals surface area (Å²) in [5, 5.41) is 11.9. The maximum atomic E-state index is 10.7. The molecule has 2 aromatic rings. The van der Waals surface area contributed by atoms with Crippen LogP contribution in [0.3, 0.4) is 0 Å². The van der Waals surface area contributed by atoms with Crippen molar-refractivity contribution in [2.24, 2.45) is 0 Å². The van der Waals surface area contributed by atoms with Gasteiger partial charge in [-0.1, -0.05) is 23.5 Å². The Morgan fingerprint density at radius 3 is 2.64 bits per heavy atom. The highest BCUT2D eigenvalue weighted by atomic mass is 127. The molecule has 72 valence electrons. The smallest absolute Gasteiger partial charge is 0.258 e. The Labute approximate surface area is 111 Å². The van der Waals surface area contributed by atoms with Gasteiger partial charge in [-0.05, 0) is 51.2 Å². The number of thiophene rings is 1. The molecule has 0 aliphatic heterocycles. The largest absolute Gasteiger partial charge is 0.338 e. The second-order valence-electron chi connectivity index (χ2n) is 2.59. The summed E-state index contributed by atoms with van der Waals surface area (Å²) in [6, 6.07) is 5.80. The van der Waals surface area contributed by atoms with Crippen LogP contribution in [0.4, 0.5) is 5.00 Å². The van der Waals surface area contributed by atoms with Crippen LogP contribution in [0.25, 0.3) is 10.1 Å². The molecule has 0 N–H and O–H groups in total. The molecule has 0 amide bonds. The average molecular weight is 431 g/mol. The third-order valence-electron chi connectivity index (χ3n) is 1.76. The van der Waals surface area contributed by atoms with E-state index in [1.54, 1.807) is 0 Å². The molecule has 6 heteroatoms. The first-order valence-electron chi connectivity index (χ1n) is 3.62. The molecule has 14 heavy (non-hydrogen) atoms. The van der Waals surface area contributed by atoms with Crippen LogP contribution in [0.5, 0.6) is 0 Å². The Morgan fingerprint density at radius 2 is 2.07 bits per heavy atom. The lowest BCUT2D eigenvalue weighted by atomic mass is 10.3. The lowest BCUT2D eigenvalue weighted by Gasteiger charge is -1.90. The van der Waals surface area contributed by atoms with E-state index < -0.39 is 0 Å². The number of fused-ring (bicyclic) bond motifs is 1. The van der Waals surface area contributed by atoms with Crippen LogP contribution in [0, 0.1) is 17.3 Å².